The summed E-state index contributed by atoms with van der Waals surface area (Å²) in [5, 5.41) is 9.96. The van der Waals surface area contributed by atoms with Crippen molar-refractivity contribution < 1.29 is 23.1 Å². The molecule has 1 amide bonds. The van der Waals surface area contributed by atoms with Crippen molar-refractivity contribution in [2.24, 2.45) is 0 Å². The molecule has 110 valence electrons. The van der Waals surface area contributed by atoms with E-state index in [1.54, 1.807) is 0 Å². The van der Waals surface area contributed by atoms with Gasteiger partial charge in [-0.2, -0.15) is 13.2 Å². The van der Waals surface area contributed by atoms with Gasteiger partial charge < -0.3 is 10.0 Å². The van der Waals surface area contributed by atoms with Crippen LogP contribution in [0.5, 0.6) is 0 Å². The summed E-state index contributed by atoms with van der Waals surface area (Å²) < 4.78 is 37.1. The second-order valence-electron chi connectivity index (χ2n) is 5.07. The van der Waals surface area contributed by atoms with Crippen molar-refractivity contribution in [3.8, 4) is 0 Å². The van der Waals surface area contributed by atoms with E-state index in [2.05, 4.69) is 4.98 Å². The number of rotatable bonds is 3. The molecular formula is C13H15F3N2O2. The highest BCUT2D eigenvalue weighted by Gasteiger charge is 2.43. The van der Waals surface area contributed by atoms with E-state index in [0.717, 1.165) is 18.6 Å². The number of nitrogens with zero attached hydrogens (tertiary/aromatic N) is 2. The third kappa shape index (κ3) is 2.92. The van der Waals surface area contributed by atoms with Gasteiger partial charge in [0.25, 0.3) is 5.91 Å². The standard InChI is InChI=1S/C13H15F3N2O2/c1-2-5-12(20)7-18(8-12)11(19)10-4-3-9(6-17-10)13(14,15)16/h3-4,6,20H,2,5,7-8H2,1H3. The number of carbonyl (C=O) groups excluding carboxylic acids is 1. The number of amides is 1. The second-order valence-corrected chi connectivity index (χ2v) is 5.07. The molecule has 2 heterocycles. The first-order chi connectivity index (χ1) is 9.25. The predicted octanol–water partition coefficient (Wildman–Crippen LogP) is 2.09. The third-order valence-electron chi connectivity index (χ3n) is 3.28. The molecule has 1 aromatic rings. The van der Waals surface area contributed by atoms with E-state index in [4.69, 9.17) is 0 Å². The molecule has 7 heteroatoms. The van der Waals surface area contributed by atoms with Crippen LogP contribution in [0.15, 0.2) is 18.3 Å². The number of hydrogen-bond acceptors (Lipinski definition) is 3. The van der Waals surface area contributed by atoms with Crippen molar-refractivity contribution in [2.45, 2.75) is 31.5 Å². The molecule has 0 atom stereocenters. The Labute approximate surface area is 114 Å². The van der Waals surface area contributed by atoms with Crippen LogP contribution < -0.4 is 0 Å². The van der Waals surface area contributed by atoms with Crippen molar-refractivity contribution in [1.82, 2.24) is 9.88 Å². The van der Waals surface area contributed by atoms with Gasteiger partial charge in [0, 0.05) is 6.20 Å². The average Bonchev–Trinajstić information content (AvgIpc) is 2.34. The molecule has 2 rings (SSSR count). The SMILES string of the molecule is CCCC1(O)CN(C(=O)c2ccc(C(F)(F)F)cn2)C1. The molecule has 20 heavy (non-hydrogen) atoms. The zero-order valence-electron chi connectivity index (χ0n) is 10.9. The summed E-state index contributed by atoms with van der Waals surface area (Å²) in [5.74, 6) is -0.459. The van der Waals surface area contributed by atoms with Gasteiger partial charge in [0.05, 0.1) is 24.3 Å². The minimum absolute atomic E-state index is 0.0449. The number of halogens is 3. The third-order valence-corrected chi connectivity index (χ3v) is 3.28. The molecule has 0 aromatic carbocycles. The molecule has 1 fully saturated rings. The van der Waals surface area contributed by atoms with E-state index in [9.17, 15) is 23.1 Å². The molecule has 1 aromatic heterocycles. The topological polar surface area (TPSA) is 53.4 Å². The van der Waals surface area contributed by atoms with Gasteiger partial charge in [0.2, 0.25) is 0 Å². The first kappa shape index (κ1) is 14.8. The Morgan fingerprint density at radius 1 is 1.45 bits per heavy atom. The monoisotopic (exact) mass is 288 g/mol. The Morgan fingerprint density at radius 2 is 2.10 bits per heavy atom. The molecule has 0 bridgehead atoms. The number of carbonyl (C=O) groups is 1. The number of aromatic nitrogens is 1. The number of β-amino-alcohol motifs (C(OH)–C–C–N with tert-alkyl or cyclic N) is 1. The van der Waals surface area contributed by atoms with E-state index in [1.807, 2.05) is 6.92 Å². The minimum Gasteiger partial charge on any atom is -0.386 e. The molecule has 1 aliphatic heterocycles. The highest BCUT2D eigenvalue weighted by Crippen LogP contribution is 2.29. The molecule has 0 radical (unpaired) electrons. The van der Waals surface area contributed by atoms with Crippen LogP contribution >= 0.6 is 0 Å². The summed E-state index contributed by atoms with van der Waals surface area (Å²) >= 11 is 0. The first-order valence-electron chi connectivity index (χ1n) is 6.30. The number of pyridine rings is 1. The van der Waals surface area contributed by atoms with Crippen LogP contribution in [-0.2, 0) is 6.18 Å². The Morgan fingerprint density at radius 3 is 2.55 bits per heavy atom. The van der Waals surface area contributed by atoms with Crippen molar-refractivity contribution in [1.29, 1.82) is 0 Å². The molecule has 1 N–H and O–H groups in total. The van der Waals surface area contributed by atoms with Crippen molar-refractivity contribution >= 4 is 5.91 Å². The van der Waals surface area contributed by atoms with Crippen LogP contribution in [0.25, 0.3) is 0 Å². The van der Waals surface area contributed by atoms with Crippen molar-refractivity contribution in [2.75, 3.05) is 13.1 Å². The first-order valence-corrected chi connectivity index (χ1v) is 6.30. The zero-order valence-corrected chi connectivity index (χ0v) is 10.9. The van der Waals surface area contributed by atoms with Gasteiger partial charge in [-0.25, -0.2) is 0 Å². The molecule has 4 nitrogen and oxygen atoms in total. The molecule has 0 unspecified atom stereocenters. The summed E-state index contributed by atoms with van der Waals surface area (Å²) in [6, 6.07) is 1.89. The summed E-state index contributed by atoms with van der Waals surface area (Å²) in [6.07, 6.45) is -2.42. The maximum atomic E-state index is 12.4. The van der Waals surface area contributed by atoms with Crippen LogP contribution in [0.2, 0.25) is 0 Å². The van der Waals surface area contributed by atoms with Crippen LogP contribution in [0.3, 0.4) is 0 Å². The Bertz CT molecular complexity index is 493. The van der Waals surface area contributed by atoms with Gasteiger partial charge in [-0.3, -0.25) is 9.78 Å². The summed E-state index contributed by atoms with van der Waals surface area (Å²) in [7, 11) is 0. The molecule has 0 saturated carbocycles. The summed E-state index contributed by atoms with van der Waals surface area (Å²) in [5.41, 5.74) is -1.80. The van der Waals surface area contributed by atoms with Crippen molar-refractivity contribution in [3.05, 3.63) is 29.6 Å². The number of likely N-dealkylation sites (tertiary alicyclic amines) is 1. The molecular weight excluding hydrogens is 273 g/mol. The normalized spacial score (nSPS) is 17.8. The molecule has 0 aliphatic carbocycles. The van der Waals surface area contributed by atoms with Gasteiger partial charge in [-0.05, 0) is 18.6 Å². The second kappa shape index (κ2) is 5.05. The lowest BCUT2D eigenvalue weighted by Gasteiger charge is -2.46. The quantitative estimate of drug-likeness (QED) is 0.926. The predicted molar refractivity (Wildman–Crippen MR) is 65.0 cm³/mol. The minimum atomic E-state index is -4.47. The summed E-state index contributed by atoms with van der Waals surface area (Å²) in [4.78, 5) is 16.9. The van der Waals surface area contributed by atoms with Gasteiger partial charge in [-0.15, -0.1) is 0 Å². The summed E-state index contributed by atoms with van der Waals surface area (Å²) in [6.45, 7) is 2.32. The van der Waals surface area contributed by atoms with E-state index >= 15 is 0 Å². The largest absolute Gasteiger partial charge is 0.417 e. The van der Waals surface area contributed by atoms with Gasteiger partial charge in [-0.1, -0.05) is 13.3 Å². The highest BCUT2D eigenvalue weighted by atomic mass is 19.4. The Hall–Kier alpha value is -1.63. The fraction of sp³-hybridized carbons (Fsp3) is 0.538. The number of aliphatic hydroxyl groups is 1. The van der Waals surface area contributed by atoms with Gasteiger partial charge in [0.1, 0.15) is 5.69 Å². The van der Waals surface area contributed by atoms with Gasteiger partial charge in [0.15, 0.2) is 0 Å². The fourth-order valence-corrected chi connectivity index (χ4v) is 2.28. The van der Waals surface area contributed by atoms with E-state index in [-0.39, 0.29) is 18.8 Å². The molecule has 0 spiro atoms. The van der Waals surface area contributed by atoms with Crippen LogP contribution in [0.4, 0.5) is 13.2 Å². The van der Waals surface area contributed by atoms with E-state index < -0.39 is 23.2 Å². The lowest BCUT2D eigenvalue weighted by Crippen LogP contribution is -2.63. The number of alkyl halides is 3. The molecule has 1 aliphatic rings. The van der Waals surface area contributed by atoms with Crippen molar-refractivity contribution in [3.63, 3.8) is 0 Å². The molecule has 1 saturated heterocycles. The smallest absolute Gasteiger partial charge is 0.386 e. The van der Waals surface area contributed by atoms with E-state index in [0.29, 0.717) is 12.6 Å². The fourth-order valence-electron chi connectivity index (χ4n) is 2.28. The Balaban J connectivity index is 2.01. The zero-order chi connectivity index (χ0) is 15.0. The average molecular weight is 288 g/mol. The highest BCUT2D eigenvalue weighted by molar-refractivity contribution is 5.93. The Kier molecular flexibility index (Phi) is 3.73. The van der Waals surface area contributed by atoms with Crippen LogP contribution in [0.1, 0.15) is 35.8 Å². The van der Waals surface area contributed by atoms with Gasteiger partial charge >= 0.3 is 6.18 Å². The lowest BCUT2D eigenvalue weighted by atomic mass is 9.89. The van der Waals surface area contributed by atoms with Crippen LogP contribution in [0, 0.1) is 0 Å². The maximum Gasteiger partial charge on any atom is 0.417 e. The van der Waals surface area contributed by atoms with Crippen LogP contribution in [-0.4, -0.2) is 39.6 Å². The lowest BCUT2D eigenvalue weighted by molar-refractivity contribution is -0.137. The number of hydrogen-bond donors (Lipinski definition) is 1. The maximum absolute atomic E-state index is 12.4. The van der Waals surface area contributed by atoms with E-state index in [1.165, 1.54) is 4.90 Å².